The molecule has 0 fully saturated rings. The van der Waals surface area contributed by atoms with E-state index in [-0.39, 0.29) is 30.9 Å². The Morgan fingerprint density at radius 2 is 1.07 bits per heavy atom. The summed E-state index contributed by atoms with van der Waals surface area (Å²) in [7, 11) is -2.09. The largest absolute Gasteiger partial charge is 0.707 e. The molecule has 0 amide bonds. The highest BCUT2D eigenvalue weighted by Gasteiger charge is 2.24. The molecule has 3 nitrogen and oxygen atoms in total. The molecule has 0 spiro atoms. The second-order valence-electron chi connectivity index (χ2n) is 2.34. The highest BCUT2D eigenvalue weighted by Crippen LogP contribution is 2.48. The van der Waals surface area contributed by atoms with Crippen molar-refractivity contribution in [1.82, 2.24) is 0 Å². The van der Waals surface area contributed by atoms with Crippen LogP contribution in [0, 0.1) is 0 Å². The van der Waals surface area contributed by atoms with Crippen molar-refractivity contribution in [2.45, 2.75) is 0 Å². The molecular weight excluding hydrogens is 308 g/mol. The molecule has 0 aliphatic rings. The Balaban J connectivity index is 3.39. The maximum absolute atomic E-state index is 8.60. The van der Waals surface area contributed by atoms with Crippen molar-refractivity contribution >= 4 is 65.3 Å². The van der Waals surface area contributed by atoms with Gasteiger partial charge in [-0.2, -0.15) is 0 Å². The van der Waals surface area contributed by atoms with Crippen LogP contribution in [0.15, 0.2) is 0 Å². The lowest BCUT2D eigenvalue weighted by molar-refractivity contribution is 0.288. The Kier molecular flexibility index (Phi) is 4.68. The van der Waals surface area contributed by atoms with Crippen LogP contribution in [0.3, 0.4) is 0 Å². The molecule has 0 bridgehead atoms. The first-order chi connectivity index (χ1) is 6.86. The predicted octanol–water partition coefficient (Wildman–Crippen LogP) is 3.30. The average Bonchev–Trinajstić information content (AvgIpc) is 2.18. The third kappa shape index (κ3) is 2.77. The molecular formula is C6H2BCl5O3. The van der Waals surface area contributed by atoms with E-state index in [0.717, 1.165) is 0 Å². The monoisotopic (exact) mass is 308 g/mol. The number of rotatable bonds is 2. The molecule has 1 rings (SSSR count). The highest BCUT2D eigenvalue weighted by molar-refractivity contribution is 6.56. The lowest BCUT2D eigenvalue weighted by Crippen LogP contribution is -2.21. The third-order valence-electron chi connectivity index (χ3n) is 1.39. The zero-order valence-electron chi connectivity index (χ0n) is 6.77. The summed E-state index contributed by atoms with van der Waals surface area (Å²) in [5, 5.41) is 16.7. The molecule has 0 heterocycles. The molecule has 15 heavy (non-hydrogen) atoms. The third-order valence-corrected chi connectivity index (χ3v) is 3.63. The van der Waals surface area contributed by atoms with E-state index in [0.29, 0.717) is 0 Å². The quantitative estimate of drug-likeness (QED) is 0.500. The van der Waals surface area contributed by atoms with E-state index in [1.807, 2.05) is 0 Å². The molecule has 0 aliphatic heterocycles. The number of halogens is 5. The van der Waals surface area contributed by atoms with Crippen LogP contribution in [0.4, 0.5) is 0 Å². The molecule has 82 valence electrons. The number of benzene rings is 1. The minimum absolute atomic E-state index is 0.0342. The van der Waals surface area contributed by atoms with Gasteiger partial charge in [0.1, 0.15) is 15.8 Å². The zero-order valence-corrected chi connectivity index (χ0v) is 10.5. The normalized spacial score (nSPS) is 10.3. The fourth-order valence-corrected chi connectivity index (χ4v) is 2.00. The minimum atomic E-state index is -2.09. The van der Waals surface area contributed by atoms with Gasteiger partial charge in [0.15, 0.2) is 0 Å². The van der Waals surface area contributed by atoms with Gasteiger partial charge < -0.3 is 14.7 Å². The van der Waals surface area contributed by atoms with Crippen LogP contribution >= 0.6 is 58.0 Å². The van der Waals surface area contributed by atoms with Gasteiger partial charge in [-0.05, 0) is 0 Å². The Labute approximate surface area is 111 Å². The van der Waals surface area contributed by atoms with Gasteiger partial charge in [0.05, 0.1) is 15.1 Å². The summed E-state index contributed by atoms with van der Waals surface area (Å²) in [6, 6.07) is 0. The van der Waals surface area contributed by atoms with Crippen LogP contribution in [0.2, 0.25) is 25.1 Å². The summed E-state index contributed by atoms with van der Waals surface area (Å²) < 4.78 is 4.51. The highest BCUT2D eigenvalue weighted by atomic mass is 35.5. The molecule has 1 aromatic rings. The predicted molar refractivity (Wildman–Crippen MR) is 62.3 cm³/mol. The molecule has 0 saturated heterocycles. The van der Waals surface area contributed by atoms with Crippen LogP contribution in [0.1, 0.15) is 0 Å². The Bertz CT molecular complexity index is 368. The van der Waals surface area contributed by atoms with Crippen LogP contribution in [0.5, 0.6) is 5.75 Å². The standard InChI is InChI=1S/C6H2BCl5O3/c8-1-2(9)4(11)6(15-7(13)14)5(12)3(1)10/h13-14H. The van der Waals surface area contributed by atoms with E-state index < -0.39 is 7.32 Å². The van der Waals surface area contributed by atoms with E-state index in [1.165, 1.54) is 0 Å². The Hall–Kier alpha value is 0.455. The van der Waals surface area contributed by atoms with Gasteiger partial charge in [-0.25, -0.2) is 0 Å². The smallest absolute Gasteiger partial charge is 0.509 e. The summed E-state index contributed by atoms with van der Waals surface area (Å²) >= 11 is 28.5. The minimum Gasteiger partial charge on any atom is -0.509 e. The molecule has 9 heteroatoms. The van der Waals surface area contributed by atoms with Crippen LogP contribution in [-0.4, -0.2) is 17.4 Å². The summed E-state index contributed by atoms with van der Waals surface area (Å²) in [6.07, 6.45) is 0. The van der Waals surface area contributed by atoms with Gasteiger partial charge >= 0.3 is 7.32 Å². The van der Waals surface area contributed by atoms with E-state index in [1.54, 1.807) is 0 Å². The van der Waals surface area contributed by atoms with Gasteiger partial charge in [-0.15, -0.1) is 0 Å². The first-order valence-corrected chi connectivity index (χ1v) is 5.29. The van der Waals surface area contributed by atoms with Crippen molar-refractivity contribution in [2.24, 2.45) is 0 Å². The van der Waals surface area contributed by atoms with Crippen molar-refractivity contribution in [1.29, 1.82) is 0 Å². The van der Waals surface area contributed by atoms with Crippen LogP contribution < -0.4 is 4.65 Å². The molecule has 0 atom stereocenters. The molecule has 0 radical (unpaired) electrons. The maximum atomic E-state index is 8.60. The fourth-order valence-electron chi connectivity index (χ4n) is 0.794. The van der Waals surface area contributed by atoms with Crippen molar-refractivity contribution in [3.05, 3.63) is 25.1 Å². The second-order valence-corrected chi connectivity index (χ2v) is 4.23. The Morgan fingerprint density at radius 3 is 1.40 bits per heavy atom. The molecule has 0 unspecified atom stereocenters. The number of hydrogen-bond donors (Lipinski definition) is 2. The van der Waals surface area contributed by atoms with Crippen molar-refractivity contribution in [2.75, 3.05) is 0 Å². The second kappa shape index (κ2) is 5.19. The maximum Gasteiger partial charge on any atom is 0.707 e. The van der Waals surface area contributed by atoms with Crippen molar-refractivity contribution < 1.29 is 14.7 Å². The summed E-state index contributed by atoms with van der Waals surface area (Å²) in [5.41, 5.74) is 0. The summed E-state index contributed by atoms with van der Waals surface area (Å²) in [5.74, 6) is -0.243. The fraction of sp³-hybridized carbons (Fsp3) is 0. The molecule has 0 saturated carbocycles. The van der Waals surface area contributed by atoms with E-state index in [4.69, 9.17) is 68.1 Å². The SMILES string of the molecule is OB(O)Oc1c(Cl)c(Cl)c(Cl)c(Cl)c1Cl. The van der Waals surface area contributed by atoms with Gasteiger partial charge in [0.25, 0.3) is 0 Å². The lowest BCUT2D eigenvalue weighted by atomic mass is 10.2. The van der Waals surface area contributed by atoms with E-state index in [9.17, 15) is 0 Å². The van der Waals surface area contributed by atoms with Gasteiger partial charge in [0.2, 0.25) is 0 Å². The first-order valence-electron chi connectivity index (χ1n) is 3.40. The molecule has 2 N–H and O–H groups in total. The Morgan fingerprint density at radius 1 is 0.733 bits per heavy atom. The van der Waals surface area contributed by atoms with Crippen molar-refractivity contribution in [3.8, 4) is 5.75 Å². The van der Waals surface area contributed by atoms with E-state index in [2.05, 4.69) is 4.65 Å². The molecule has 0 aromatic heterocycles. The van der Waals surface area contributed by atoms with Crippen LogP contribution in [0.25, 0.3) is 0 Å². The van der Waals surface area contributed by atoms with Crippen molar-refractivity contribution in [3.63, 3.8) is 0 Å². The van der Waals surface area contributed by atoms with Gasteiger partial charge in [0, 0.05) is 0 Å². The lowest BCUT2D eigenvalue weighted by Gasteiger charge is -2.12. The topological polar surface area (TPSA) is 49.7 Å². The summed E-state index contributed by atoms with van der Waals surface area (Å²) in [4.78, 5) is 0. The van der Waals surface area contributed by atoms with Gasteiger partial charge in [-0.1, -0.05) is 58.0 Å². The van der Waals surface area contributed by atoms with Crippen LogP contribution in [-0.2, 0) is 0 Å². The first kappa shape index (κ1) is 13.5. The summed E-state index contributed by atoms with van der Waals surface area (Å²) in [6.45, 7) is 0. The van der Waals surface area contributed by atoms with E-state index >= 15 is 0 Å². The molecule has 0 aliphatic carbocycles. The number of hydrogen-bond acceptors (Lipinski definition) is 3. The van der Waals surface area contributed by atoms with Gasteiger partial charge in [-0.3, -0.25) is 0 Å². The average molecular weight is 310 g/mol. The molecule has 1 aromatic carbocycles. The zero-order chi connectivity index (χ0) is 11.7.